The van der Waals surface area contributed by atoms with E-state index in [0.717, 1.165) is 0 Å². The lowest BCUT2D eigenvalue weighted by molar-refractivity contribution is -0.117. The topological polar surface area (TPSA) is 128 Å². The molecular weight excluding hydrogens is 358 g/mol. The minimum atomic E-state index is -3.79. The van der Waals surface area contributed by atoms with Crippen molar-refractivity contribution in [3.8, 4) is 0 Å². The van der Waals surface area contributed by atoms with E-state index < -0.39 is 22.0 Å². The Labute approximate surface area is 151 Å². The molecular formula is C17H19N3O5S. The van der Waals surface area contributed by atoms with E-state index in [4.69, 9.17) is 10.5 Å². The molecule has 9 heteroatoms. The fraction of sp³-hybridized carbons (Fsp3) is 0.176. The number of rotatable bonds is 7. The van der Waals surface area contributed by atoms with Gasteiger partial charge in [0.05, 0.1) is 17.9 Å². The monoisotopic (exact) mass is 377 g/mol. The van der Waals surface area contributed by atoms with Crippen molar-refractivity contribution in [2.24, 2.45) is 5.73 Å². The molecule has 0 spiro atoms. The van der Waals surface area contributed by atoms with Crippen LogP contribution in [-0.4, -0.2) is 27.0 Å². The van der Waals surface area contributed by atoms with Crippen molar-refractivity contribution in [2.75, 3.05) is 16.6 Å². The van der Waals surface area contributed by atoms with Gasteiger partial charge in [0, 0.05) is 11.4 Å². The number of amides is 2. The molecule has 0 atom stereocenters. The molecule has 0 fully saturated rings. The van der Waals surface area contributed by atoms with E-state index in [1.807, 2.05) is 0 Å². The van der Waals surface area contributed by atoms with Crippen LogP contribution in [0.3, 0.4) is 0 Å². The third-order valence-corrected chi connectivity index (χ3v) is 4.67. The lowest BCUT2D eigenvalue weighted by Crippen LogP contribution is -2.15. The number of primary amides is 1. The van der Waals surface area contributed by atoms with Crippen LogP contribution in [0.2, 0.25) is 0 Å². The van der Waals surface area contributed by atoms with Crippen LogP contribution in [0, 0.1) is 0 Å². The summed E-state index contributed by atoms with van der Waals surface area (Å²) in [5.41, 5.74) is 6.57. The Balaban J connectivity index is 2.07. The first-order chi connectivity index (χ1) is 12.3. The molecule has 8 nitrogen and oxygen atoms in total. The van der Waals surface area contributed by atoms with Crippen LogP contribution >= 0.6 is 0 Å². The Hall–Kier alpha value is -3.07. The summed E-state index contributed by atoms with van der Waals surface area (Å²) in [6.07, 6.45) is -0.528. The SMILES string of the molecule is CCOC(=O)Nc1ccc(S(=O)(=O)Nc2ccc(CC(N)=O)cc2)cc1. The molecule has 0 aliphatic rings. The van der Waals surface area contributed by atoms with E-state index >= 15 is 0 Å². The molecule has 26 heavy (non-hydrogen) atoms. The molecule has 138 valence electrons. The number of nitrogens with two attached hydrogens (primary N) is 1. The van der Waals surface area contributed by atoms with Gasteiger partial charge in [0.2, 0.25) is 5.91 Å². The van der Waals surface area contributed by atoms with Gasteiger partial charge in [-0.1, -0.05) is 12.1 Å². The summed E-state index contributed by atoms with van der Waals surface area (Å²) in [6, 6.07) is 12.0. The van der Waals surface area contributed by atoms with Gasteiger partial charge in [0.25, 0.3) is 10.0 Å². The molecule has 2 amide bonds. The Bertz CT molecular complexity index is 878. The van der Waals surface area contributed by atoms with E-state index in [9.17, 15) is 18.0 Å². The van der Waals surface area contributed by atoms with E-state index in [1.165, 1.54) is 24.3 Å². The maximum Gasteiger partial charge on any atom is 0.411 e. The number of anilines is 2. The van der Waals surface area contributed by atoms with Crippen LogP contribution in [-0.2, 0) is 26.0 Å². The van der Waals surface area contributed by atoms with Crippen LogP contribution in [0.1, 0.15) is 12.5 Å². The molecule has 2 rings (SSSR count). The van der Waals surface area contributed by atoms with E-state index in [0.29, 0.717) is 16.9 Å². The molecule has 0 aromatic heterocycles. The second-order valence-corrected chi connectivity index (χ2v) is 7.00. The Morgan fingerprint density at radius 1 is 1.00 bits per heavy atom. The van der Waals surface area contributed by atoms with Crippen LogP contribution < -0.4 is 15.8 Å². The highest BCUT2D eigenvalue weighted by molar-refractivity contribution is 7.92. The summed E-state index contributed by atoms with van der Waals surface area (Å²) in [5, 5.41) is 2.48. The predicted octanol–water partition coefficient (Wildman–Crippen LogP) is 2.08. The Kier molecular flexibility index (Phi) is 6.18. The highest BCUT2D eigenvalue weighted by atomic mass is 32.2. The van der Waals surface area contributed by atoms with Gasteiger partial charge in [-0.05, 0) is 48.9 Å². The predicted molar refractivity (Wildman–Crippen MR) is 97.2 cm³/mol. The first-order valence-electron chi connectivity index (χ1n) is 7.74. The zero-order valence-electron chi connectivity index (χ0n) is 14.1. The van der Waals surface area contributed by atoms with Crippen molar-refractivity contribution >= 4 is 33.4 Å². The van der Waals surface area contributed by atoms with Crippen LogP contribution in [0.15, 0.2) is 53.4 Å². The van der Waals surface area contributed by atoms with Gasteiger partial charge in [0.1, 0.15) is 0 Å². The number of hydrogen-bond donors (Lipinski definition) is 3. The maximum absolute atomic E-state index is 12.4. The van der Waals surface area contributed by atoms with Crippen LogP contribution in [0.25, 0.3) is 0 Å². The normalized spacial score (nSPS) is 10.8. The highest BCUT2D eigenvalue weighted by Crippen LogP contribution is 2.19. The number of sulfonamides is 1. The fourth-order valence-corrected chi connectivity index (χ4v) is 3.17. The van der Waals surface area contributed by atoms with Crippen molar-refractivity contribution < 1.29 is 22.7 Å². The summed E-state index contributed by atoms with van der Waals surface area (Å²) < 4.78 is 32.0. The first kappa shape index (κ1) is 19.3. The molecule has 0 radical (unpaired) electrons. The number of carbonyl (C=O) groups is 2. The molecule has 0 unspecified atom stereocenters. The van der Waals surface area contributed by atoms with Crippen LogP contribution in [0.5, 0.6) is 0 Å². The van der Waals surface area contributed by atoms with Crippen molar-refractivity contribution in [1.29, 1.82) is 0 Å². The summed E-state index contributed by atoms with van der Waals surface area (Å²) in [6.45, 7) is 1.92. The fourth-order valence-electron chi connectivity index (χ4n) is 2.11. The van der Waals surface area contributed by atoms with Gasteiger partial charge >= 0.3 is 6.09 Å². The third-order valence-electron chi connectivity index (χ3n) is 3.27. The number of hydrogen-bond acceptors (Lipinski definition) is 5. The van der Waals surface area contributed by atoms with Gasteiger partial charge in [-0.15, -0.1) is 0 Å². The molecule has 0 aliphatic heterocycles. The van der Waals surface area contributed by atoms with Crippen molar-refractivity contribution in [2.45, 2.75) is 18.2 Å². The summed E-state index contributed by atoms with van der Waals surface area (Å²) in [5.74, 6) is -0.463. The quantitative estimate of drug-likeness (QED) is 0.681. The maximum atomic E-state index is 12.4. The van der Waals surface area contributed by atoms with Crippen molar-refractivity contribution in [1.82, 2.24) is 0 Å². The standard InChI is InChI=1S/C17H19N3O5S/c1-2-25-17(22)19-13-7-9-15(10-8-13)26(23,24)20-14-5-3-12(4-6-14)11-16(18)21/h3-10,20H,2,11H2,1H3,(H2,18,21)(H,19,22). The average molecular weight is 377 g/mol. The largest absolute Gasteiger partial charge is 0.450 e. The van der Waals surface area contributed by atoms with E-state index in [-0.39, 0.29) is 17.9 Å². The first-order valence-corrected chi connectivity index (χ1v) is 9.22. The molecule has 0 bridgehead atoms. The molecule has 2 aromatic rings. The number of nitrogens with one attached hydrogen (secondary N) is 2. The third kappa shape index (κ3) is 5.49. The number of ether oxygens (including phenoxy) is 1. The van der Waals surface area contributed by atoms with Gasteiger partial charge in [-0.2, -0.15) is 0 Å². The molecule has 0 aliphatic carbocycles. The molecule has 4 N–H and O–H groups in total. The molecule has 0 saturated carbocycles. The Morgan fingerprint density at radius 3 is 2.12 bits per heavy atom. The van der Waals surface area contributed by atoms with Gasteiger partial charge in [-0.3, -0.25) is 14.8 Å². The Morgan fingerprint density at radius 2 is 1.58 bits per heavy atom. The minimum Gasteiger partial charge on any atom is -0.450 e. The summed E-state index contributed by atoms with van der Waals surface area (Å²) in [4.78, 5) is 22.2. The highest BCUT2D eigenvalue weighted by Gasteiger charge is 2.14. The van der Waals surface area contributed by atoms with Gasteiger partial charge in [-0.25, -0.2) is 13.2 Å². The second kappa shape index (κ2) is 8.34. The summed E-state index contributed by atoms with van der Waals surface area (Å²) in [7, 11) is -3.79. The second-order valence-electron chi connectivity index (χ2n) is 5.32. The van der Waals surface area contributed by atoms with E-state index in [2.05, 4.69) is 10.0 Å². The van der Waals surface area contributed by atoms with E-state index in [1.54, 1.807) is 31.2 Å². The lowest BCUT2D eigenvalue weighted by atomic mass is 10.1. The molecule has 0 heterocycles. The zero-order valence-corrected chi connectivity index (χ0v) is 14.9. The van der Waals surface area contributed by atoms with Crippen molar-refractivity contribution in [3.63, 3.8) is 0 Å². The van der Waals surface area contributed by atoms with Gasteiger partial charge in [0.15, 0.2) is 0 Å². The van der Waals surface area contributed by atoms with Crippen molar-refractivity contribution in [3.05, 3.63) is 54.1 Å². The minimum absolute atomic E-state index is 0.0353. The van der Waals surface area contributed by atoms with Crippen LogP contribution in [0.4, 0.5) is 16.2 Å². The zero-order chi connectivity index (χ0) is 19.2. The lowest BCUT2D eigenvalue weighted by Gasteiger charge is -2.10. The summed E-state index contributed by atoms with van der Waals surface area (Å²) >= 11 is 0. The molecule has 2 aromatic carbocycles. The average Bonchev–Trinajstić information content (AvgIpc) is 2.56. The number of carbonyl (C=O) groups excluding carboxylic acids is 2. The number of benzene rings is 2. The molecule has 0 saturated heterocycles. The smallest absolute Gasteiger partial charge is 0.411 e. The van der Waals surface area contributed by atoms with Gasteiger partial charge < -0.3 is 10.5 Å².